The predicted molar refractivity (Wildman–Crippen MR) is 87.9 cm³/mol. The molecule has 0 atom stereocenters. The van der Waals surface area contributed by atoms with Crippen molar-refractivity contribution in [2.45, 2.75) is 31.2 Å². The number of nitrogens with zero attached hydrogens (tertiary/aromatic N) is 2. The van der Waals surface area contributed by atoms with Gasteiger partial charge in [0.2, 0.25) is 5.91 Å². The molecule has 1 N–H and O–H groups in total. The van der Waals surface area contributed by atoms with Gasteiger partial charge in [0.05, 0.1) is 5.56 Å². The first-order chi connectivity index (χ1) is 10.7. The van der Waals surface area contributed by atoms with Gasteiger partial charge in [-0.2, -0.15) is 0 Å². The molecule has 2 heterocycles. The van der Waals surface area contributed by atoms with Crippen molar-refractivity contribution in [1.82, 2.24) is 15.2 Å². The summed E-state index contributed by atoms with van der Waals surface area (Å²) in [5.74, 6) is 0.625. The third-order valence-corrected chi connectivity index (χ3v) is 4.72. The van der Waals surface area contributed by atoms with Gasteiger partial charge < -0.3 is 10.2 Å². The standard InChI is InChI=1S/C16H23N3O2S/c1-3-14(20)18-11-12-6-9-19(10-7-12)16(21)13-5-4-8-17-15(13)22-2/h4-5,8,12H,3,6-7,9-11H2,1-2H3,(H,18,20). The van der Waals surface area contributed by atoms with Gasteiger partial charge in [-0.3, -0.25) is 9.59 Å². The summed E-state index contributed by atoms with van der Waals surface area (Å²) in [4.78, 5) is 30.1. The number of pyridine rings is 1. The molecule has 0 unspecified atom stereocenters. The summed E-state index contributed by atoms with van der Waals surface area (Å²) in [7, 11) is 0. The highest BCUT2D eigenvalue weighted by molar-refractivity contribution is 7.98. The van der Waals surface area contributed by atoms with E-state index in [9.17, 15) is 9.59 Å². The van der Waals surface area contributed by atoms with Crippen LogP contribution < -0.4 is 5.32 Å². The lowest BCUT2D eigenvalue weighted by molar-refractivity contribution is -0.121. The topological polar surface area (TPSA) is 62.3 Å². The van der Waals surface area contributed by atoms with E-state index in [1.807, 2.05) is 24.1 Å². The Hall–Kier alpha value is -1.56. The van der Waals surface area contributed by atoms with Crippen molar-refractivity contribution in [1.29, 1.82) is 0 Å². The third kappa shape index (κ3) is 4.22. The summed E-state index contributed by atoms with van der Waals surface area (Å²) < 4.78 is 0. The summed E-state index contributed by atoms with van der Waals surface area (Å²) in [5, 5.41) is 3.72. The highest BCUT2D eigenvalue weighted by Crippen LogP contribution is 2.22. The monoisotopic (exact) mass is 321 g/mol. The molecule has 2 rings (SSSR count). The van der Waals surface area contributed by atoms with Crippen LogP contribution in [0.2, 0.25) is 0 Å². The molecule has 6 heteroatoms. The molecule has 1 aromatic heterocycles. The van der Waals surface area contributed by atoms with Crippen LogP contribution in [0.5, 0.6) is 0 Å². The van der Waals surface area contributed by atoms with Gasteiger partial charge >= 0.3 is 0 Å². The molecule has 0 saturated carbocycles. The van der Waals surface area contributed by atoms with E-state index in [-0.39, 0.29) is 11.8 Å². The van der Waals surface area contributed by atoms with Gasteiger partial charge in [-0.25, -0.2) is 4.98 Å². The lowest BCUT2D eigenvalue weighted by Gasteiger charge is -2.32. The average molecular weight is 321 g/mol. The molecule has 0 radical (unpaired) electrons. The number of piperidine rings is 1. The fourth-order valence-electron chi connectivity index (χ4n) is 2.61. The molecular formula is C16H23N3O2S. The highest BCUT2D eigenvalue weighted by atomic mass is 32.2. The van der Waals surface area contributed by atoms with Crippen molar-refractivity contribution in [2.24, 2.45) is 5.92 Å². The average Bonchev–Trinajstić information content (AvgIpc) is 2.59. The first-order valence-electron chi connectivity index (χ1n) is 7.70. The van der Waals surface area contributed by atoms with Crippen LogP contribution >= 0.6 is 11.8 Å². The Morgan fingerprint density at radius 2 is 2.14 bits per heavy atom. The zero-order valence-corrected chi connectivity index (χ0v) is 14.0. The smallest absolute Gasteiger partial charge is 0.256 e. The van der Waals surface area contributed by atoms with Crippen molar-refractivity contribution in [3.8, 4) is 0 Å². The van der Waals surface area contributed by atoms with Gasteiger partial charge in [0.15, 0.2) is 0 Å². The Kier molecular flexibility index (Phi) is 6.24. The minimum atomic E-state index is 0.0634. The minimum absolute atomic E-state index is 0.0634. The van der Waals surface area contributed by atoms with Crippen LogP contribution in [0.3, 0.4) is 0 Å². The number of nitrogens with one attached hydrogen (secondary N) is 1. The second kappa shape index (κ2) is 8.17. The van der Waals surface area contributed by atoms with Crippen molar-refractivity contribution in [3.63, 3.8) is 0 Å². The summed E-state index contributed by atoms with van der Waals surface area (Å²) in [6.45, 7) is 4.06. The lowest BCUT2D eigenvalue weighted by atomic mass is 9.96. The number of hydrogen-bond donors (Lipinski definition) is 1. The Bertz CT molecular complexity index is 528. The minimum Gasteiger partial charge on any atom is -0.356 e. The molecule has 22 heavy (non-hydrogen) atoms. The molecule has 5 nitrogen and oxygen atoms in total. The second-order valence-corrected chi connectivity index (χ2v) is 6.25. The van der Waals surface area contributed by atoms with E-state index in [0.29, 0.717) is 17.9 Å². The first-order valence-corrected chi connectivity index (χ1v) is 8.93. The SMILES string of the molecule is CCC(=O)NCC1CCN(C(=O)c2cccnc2SC)CC1. The molecule has 1 fully saturated rings. The number of carbonyl (C=O) groups excluding carboxylic acids is 2. The van der Waals surface area contributed by atoms with Crippen molar-refractivity contribution >= 4 is 23.6 Å². The van der Waals surface area contributed by atoms with Crippen LogP contribution in [0.1, 0.15) is 36.5 Å². The van der Waals surface area contributed by atoms with Gasteiger partial charge in [-0.1, -0.05) is 6.92 Å². The lowest BCUT2D eigenvalue weighted by Crippen LogP contribution is -2.41. The zero-order chi connectivity index (χ0) is 15.9. The maximum Gasteiger partial charge on any atom is 0.256 e. The summed E-state index contributed by atoms with van der Waals surface area (Å²) >= 11 is 1.50. The fourth-order valence-corrected chi connectivity index (χ4v) is 3.15. The molecule has 0 aliphatic carbocycles. The number of amides is 2. The molecule has 1 aromatic rings. The second-order valence-electron chi connectivity index (χ2n) is 5.45. The highest BCUT2D eigenvalue weighted by Gasteiger charge is 2.25. The molecule has 0 bridgehead atoms. The molecule has 0 aromatic carbocycles. The van der Waals surface area contributed by atoms with E-state index in [2.05, 4.69) is 10.3 Å². The van der Waals surface area contributed by atoms with Crippen molar-refractivity contribution < 1.29 is 9.59 Å². The van der Waals surface area contributed by atoms with E-state index in [1.54, 1.807) is 12.3 Å². The number of likely N-dealkylation sites (tertiary alicyclic amines) is 1. The van der Waals surface area contributed by atoms with Crippen LogP contribution in [0, 0.1) is 5.92 Å². The maximum atomic E-state index is 12.6. The van der Waals surface area contributed by atoms with Gasteiger partial charge in [0, 0.05) is 32.3 Å². The van der Waals surface area contributed by atoms with Crippen LogP contribution in [0.4, 0.5) is 0 Å². The third-order valence-electron chi connectivity index (χ3n) is 4.01. The number of rotatable bonds is 5. The van der Waals surface area contributed by atoms with Gasteiger partial charge in [0.1, 0.15) is 5.03 Å². The van der Waals surface area contributed by atoms with Crippen LogP contribution in [0.15, 0.2) is 23.4 Å². The molecule has 2 amide bonds. The van der Waals surface area contributed by atoms with E-state index < -0.39 is 0 Å². The Balaban J connectivity index is 1.88. The molecule has 120 valence electrons. The van der Waals surface area contributed by atoms with E-state index in [1.165, 1.54) is 11.8 Å². The molecule has 1 aliphatic rings. The predicted octanol–water partition coefficient (Wildman–Crippen LogP) is 2.18. The number of thioether (sulfide) groups is 1. The summed E-state index contributed by atoms with van der Waals surface area (Å²) in [6, 6.07) is 3.65. The summed E-state index contributed by atoms with van der Waals surface area (Å²) in [5.41, 5.74) is 0.688. The normalized spacial score (nSPS) is 15.6. The summed E-state index contributed by atoms with van der Waals surface area (Å²) in [6.07, 6.45) is 6.04. The number of carbonyl (C=O) groups is 2. The van der Waals surface area contributed by atoms with Gasteiger partial charge in [-0.15, -0.1) is 11.8 Å². The van der Waals surface area contributed by atoms with Crippen molar-refractivity contribution in [3.05, 3.63) is 23.9 Å². The van der Waals surface area contributed by atoms with Crippen LogP contribution in [-0.4, -0.2) is 47.6 Å². The van der Waals surface area contributed by atoms with E-state index in [0.717, 1.165) is 37.5 Å². The van der Waals surface area contributed by atoms with Gasteiger partial charge in [0.25, 0.3) is 5.91 Å². The largest absolute Gasteiger partial charge is 0.356 e. The van der Waals surface area contributed by atoms with E-state index >= 15 is 0 Å². The fraction of sp³-hybridized carbons (Fsp3) is 0.562. The quantitative estimate of drug-likeness (QED) is 0.845. The molecule has 1 saturated heterocycles. The maximum absolute atomic E-state index is 12.6. The van der Waals surface area contributed by atoms with E-state index in [4.69, 9.17) is 0 Å². The molecule has 0 spiro atoms. The molecular weight excluding hydrogens is 298 g/mol. The number of hydrogen-bond acceptors (Lipinski definition) is 4. The zero-order valence-electron chi connectivity index (χ0n) is 13.2. The molecule has 1 aliphatic heterocycles. The Morgan fingerprint density at radius 1 is 1.41 bits per heavy atom. The van der Waals surface area contributed by atoms with Crippen LogP contribution in [-0.2, 0) is 4.79 Å². The Labute approximate surface area is 135 Å². The Morgan fingerprint density at radius 3 is 2.77 bits per heavy atom. The van der Waals surface area contributed by atoms with Crippen LogP contribution in [0.25, 0.3) is 0 Å². The first kappa shape index (κ1) is 16.8. The number of aromatic nitrogens is 1. The van der Waals surface area contributed by atoms with Crippen molar-refractivity contribution in [2.75, 3.05) is 25.9 Å². The van der Waals surface area contributed by atoms with Gasteiger partial charge in [-0.05, 0) is 37.1 Å².